The van der Waals surface area contributed by atoms with Crippen LogP contribution in [0.4, 0.5) is 0 Å². The summed E-state index contributed by atoms with van der Waals surface area (Å²) >= 11 is 5.19. The Balaban J connectivity index is 2.66. The predicted molar refractivity (Wildman–Crippen MR) is 37.8 cm³/mol. The molecule has 1 fully saturated rings. The summed E-state index contributed by atoms with van der Waals surface area (Å²) in [7, 11) is 0. The highest BCUT2D eigenvalue weighted by Gasteiger charge is 2.27. The lowest BCUT2D eigenvalue weighted by Crippen LogP contribution is -2.42. The molecule has 3 nitrogen and oxygen atoms in total. The maximum atomic E-state index is 10.7. The van der Waals surface area contributed by atoms with Crippen molar-refractivity contribution in [2.45, 2.75) is 12.5 Å². The Morgan fingerprint density at radius 1 is 2.00 bits per heavy atom. The summed E-state index contributed by atoms with van der Waals surface area (Å²) in [4.78, 5) is 10.7. The van der Waals surface area contributed by atoms with Gasteiger partial charge in [-0.25, -0.2) is 0 Å². The van der Waals surface area contributed by atoms with E-state index in [9.17, 15) is 9.90 Å². The Morgan fingerprint density at radius 2 is 2.70 bits per heavy atom. The van der Waals surface area contributed by atoms with Gasteiger partial charge >= 0.3 is 0 Å². The van der Waals surface area contributed by atoms with Gasteiger partial charge in [0.25, 0.3) is 0 Å². The summed E-state index contributed by atoms with van der Waals surface area (Å²) in [6, 6.07) is 0. The average molecular weight is 166 g/mol. The fraction of sp³-hybridized carbons (Fsp3) is 0.833. The van der Waals surface area contributed by atoms with E-state index < -0.39 is 23.7 Å². The van der Waals surface area contributed by atoms with Gasteiger partial charge in [-0.1, -0.05) is 0 Å². The van der Waals surface area contributed by atoms with E-state index in [-0.39, 0.29) is 13.1 Å². The Bertz CT molecular complexity index is 192. The van der Waals surface area contributed by atoms with Crippen LogP contribution < -0.4 is 5.31 Å². The zero-order valence-electron chi connectivity index (χ0n) is 7.33. The lowest BCUT2D eigenvalue weighted by atomic mass is 9.98. The largest absolute Gasteiger partial charge is 0.392 e. The van der Waals surface area contributed by atoms with Crippen molar-refractivity contribution in [3.8, 4) is 0 Å². The minimum absolute atomic E-state index is 0.110. The van der Waals surface area contributed by atoms with Crippen LogP contribution in [-0.2, 0) is 4.79 Å². The van der Waals surface area contributed by atoms with Crippen LogP contribution in [0.2, 0.25) is 1.41 Å². The molecule has 0 radical (unpaired) electrons. The summed E-state index contributed by atoms with van der Waals surface area (Å²) in [6.45, 7) is 0.265. The molecule has 0 aromatic carbocycles. The molecule has 0 aromatic rings. The van der Waals surface area contributed by atoms with Crippen LogP contribution in [0.5, 0.6) is 0 Å². The van der Waals surface area contributed by atoms with Crippen LogP contribution in [0, 0.1) is 5.92 Å². The summed E-state index contributed by atoms with van der Waals surface area (Å²) < 4.78 is 14.5. The number of rotatable bonds is 1. The molecule has 2 N–H and O–H groups in total. The first-order chi connectivity index (χ1) is 5.52. The van der Waals surface area contributed by atoms with Gasteiger partial charge in [-0.3, -0.25) is 4.79 Å². The van der Waals surface area contributed by atoms with E-state index in [4.69, 9.17) is 14.4 Å². The molecule has 1 rings (SSSR count). The van der Waals surface area contributed by atoms with Gasteiger partial charge in [-0.15, -0.1) is 0 Å². The minimum atomic E-state index is -1.03. The van der Waals surface area contributed by atoms with Gasteiger partial charge in [0.15, 0.2) is 0 Å². The predicted octanol–water partition coefficient (Wildman–Crippen LogP) is -0.278. The topological polar surface area (TPSA) is 49.3 Å². The molecule has 0 spiro atoms. The molecule has 3 atom stereocenters. The van der Waals surface area contributed by atoms with Gasteiger partial charge in [0, 0.05) is 7.92 Å². The maximum absolute atomic E-state index is 10.7. The Labute approximate surface area is 67.2 Å². The molecule has 0 aliphatic carbocycles. The lowest BCUT2D eigenvalue weighted by Gasteiger charge is -2.24. The van der Waals surface area contributed by atoms with Crippen molar-refractivity contribution in [2.24, 2.45) is 5.92 Å². The number of hydrogen-bond donors (Lipinski definition) is 2. The van der Waals surface area contributed by atoms with Crippen molar-refractivity contribution in [1.82, 2.24) is 5.31 Å². The van der Waals surface area contributed by atoms with E-state index >= 15 is 0 Å². The lowest BCUT2D eigenvalue weighted by molar-refractivity contribution is -0.119. The van der Waals surface area contributed by atoms with E-state index in [2.05, 4.69) is 0 Å². The van der Waals surface area contributed by atoms with Crippen LogP contribution in [0.25, 0.3) is 0 Å². The third-order valence-corrected chi connectivity index (χ3v) is 1.79. The minimum Gasteiger partial charge on any atom is -0.392 e. The van der Waals surface area contributed by atoms with Gasteiger partial charge in [-0.2, -0.15) is 0 Å². The Morgan fingerprint density at radius 3 is 3.30 bits per heavy atom. The SMILES string of the molecule is [2H][C@H]1CN([2H])C[C@H](C(=O)Cl)[C@@H]1O. The van der Waals surface area contributed by atoms with Gasteiger partial charge < -0.3 is 10.4 Å². The smallest absolute Gasteiger partial charge is 0.228 e. The average Bonchev–Trinajstić information content (AvgIpc) is 1.96. The molecule has 1 aliphatic heterocycles. The van der Waals surface area contributed by atoms with Crippen LogP contribution in [-0.4, -0.2) is 29.5 Å². The van der Waals surface area contributed by atoms with Crippen molar-refractivity contribution < 1.29 is 12.7 Å². The Kier molecular flexibility index (Phi) is 1.83. The number of hydrogen-bond acceptors (Lipinski definition) is 3. The van der Waals surface area contributed by atoms with Gasteiger partial charge in [0.2, 0.25) is 5.24 Å². The van der Waals surface area contributed by atoms with Gasteiger partial charge in [-0.05, 0) is 24.5 Å². The monoisotopic (exact) mass is 165 g/mol. The summed E-state index contributed by atoms with van der Waals surface area (Å²) in [5.41, 5.74) is 0. The third kappa shape index (κ3) is 1.68. The molecule has 1 aliphatic rings. The molecule has 0 saturated carbocycles. The second kappa shape index (κ2) is 3.32. The molecule has 1 heterocycles. The summed E-state index contributed by atoms with van der Waals surface area (Å²) in [5.74, 6) is -0.791. The number of piperidine rings is 1. The van der Waals surface area contributed by atoms with Crippen molar-refractivity contribution in [2.75, 3.05) is 13.1 Å². The maximum Gasteiger partial charge on any atom is 0.228 e. The van der Waals surface area contributed by atoms with Crippen LogP contribution >= 0.6 is 11.6 Å². The summed E-state index contributed by atoms with van der Waals surface area (Å²) in [6.07, 6.45) is -1.85. The number of nitrogens with one attached hydrogen (secondary N) is 1. The third-order valence-electron chi connectivity index (χ3n) is 1.51. The molecule has 0 amide bonds. The Hall–Kier alpha value is -0.120. The molecule has 4 heteroatoms. The van der Waals surface area contributed by atoms with Gasteiger partial charge in [0.05, 0.1) is 12.0 Å². The van der Waals surface area contributed by atoms with E-state index in [0.29, 0.717) is 0 Å². The van der Waals surface area contributed by atoms with Crippen molar-refractivity contribution >= 4 is 16.8 Å². The molecule has 1 saturated heterocycles. The fourth-order valence-electron chi connectivity index (χ4n) is 0.874. The molecule has 0 bridgehead atoms. The van der Waals surface area contributed by atoms with E-state index in [1.54, 1.807) is 0 Å². The van der Waals surface area contributed by atoms with Crippen molar-refractivity contribution in [1.29, 1.82) is 0 Å². The number of aliphatic hydroxyl groups excluding tert-OH is 1. The molecular formula is C6H10ClNO2. The standard InChI is InChI=1S/C6H10ClNO2/c7-6(10)4-3-8-2-1-5(4)9/h4-5,8-9H,1-3H2/t4-,5+/m0/s1/i1D/hD/t1-,4-,5+. The van der Waals surface area contributed by atoms with Crippen LogP contribution in [0.15, 0.2) is 0 Å². The van der Waals surface area contributed by atoms with Crippen LogP contribution in [0.1, 0.15) is 7.77 Å². The first-order valence-electron chi connectivity index (χ1n) is 4.08. The molecule has 0 unspecified atom stereocenters. The second-order valence-corrected chi connectivity index (χ2v) is 2.60. The van der Waals surface area contributed by atoms with Crippen LogP contribution in [0.3, 0.4) is 0 Å². The molecule has 58 valence electrons. The number of carbonyl (C=O) groups excluding carboxylic acids is 1. The normalized spacial score (nSPS) is 46.0. The molecule has 0 aromatic heterocycles. The quantitative estimate of drug-likeness (QED) is 0.526. The van der Waals surface area contributed by atoms with Crippen molar-refractivity contribution in [3.63, 3.8) is 0 Å². The van der Waals surface area contributed by atoms with E-state index in [0.717, 1.165) is 5.31 Å². The first-order valence-corrected chi connectivity index (χ1v) is 3.43. The fourth-order valence-corrected chi connectivity index (χ4v) is 1.07. The summed E-state index contributed by atoms with van der Waals surface area (Å²) in [5, 5.41) is 9.73. The zero-order valence-corrected chi connectivity index (χ0v) is 6.08. The highest BCUT2D eigenvalue weighted by molar-refractivity contribution is 6.64. The van der Waals surface area contributed by atoms with Gasteiger partial charge in [0.1, 0.15) is 1.41 Å². The molecular weight excluding hydrogens is 154 g/mol. The number of aliphatic hydroxyl groups is 1. The van der Waals surface area contributed by atoms with Crippen molar-refractivity contribution in [3.05, 3.63) is 0 Å². The second-order valence-electron chi connectivity index (χ2n) is 2.23. The molecule has 10 heavy (non-hydrogen) atoms. The first kappa shape index (κ1) is 5.52. The van der Waals surface area contributed by atoms with E-state index in [1.807, 2.05) is 0 Å². The zero-order chi connectivity index (χ0) is 9.30. The van der Waals surface area contributed by atoms with E-state index in [1.165, 1.54) is 0 Å². The highest BCUT2D eigenvalue weighted by Crippen LogP contribution is 2.13. The highest BCUT2D eigenvalue weighted by atomic mass is 35.5. The number of halogens is 1. The number of carbonyl (C=O) groups is 1.